The van der Waals surface area contributed by atoms with E-state index in [1.807, 2.05) is 13.8 Å². The summed E-state index contributed by atoms with van der Waals surface area (Å²) in [7, 11) is 0. The number of carboxylic acids is 2. The van der Waals surface area contributed by atoms with Crippen molar-refractivity contribution in [1.82, 2.24) is 11.5 Å². The second-order valence-electron chi connectivity index (χ2n) is 6.67. The Bertz CT molecular complexity index is 522. The molecule has 0 radical (unpaired) electrons. The van der Waals surface area contributed by atoms with Gasteiger partial charge in [0.1, 0.15) is 11.7 Å². The minimum atomic E-state index is -1.14. The van der Waals surface area contributed by atoms with E-state index in [4.69, 9.17) is 15.9 Å². The molecule has 0 spiro atoms. The van der Waals surface area contributed by atoms with Crippen LogP contribution in [-0.2, 0) is 14.4 Å². The molecule has 1 fully saturated rings. The zero-order chi connectivity index (χ0) is 18.3. The van der Waals surface area contributed by atoms with Gasteiger partial charge in [0.15, 0.2) is 0 Å². The molecule has 0 heterocycles. The molecular weight excluding hydrogens is 346 g/mol. The highest BCUT2D eigenvalue weighted by atomic mass is 32.2. The summed E-state index contributed by atoms with van der Waals surface area (Å²) in [6, 6.07) is -0.851. The van der Waals surface area contributed by atoms with Crippen LogP contribution in [-0.4, -0.2) is 45.6 Å². The third-order valence-corrected chi connectivity index (χ3v) is 5.20. The monoisotopic (exact) mass is 375 g/mol. The van der Waals surface area contributed by atoms with Gasteiger partial charge in [0.2, 0.25) is 5.91 Å². The molecule has 1 aliphatic rings. The first kappa shape index (κ1) is 23.4. The molecule has 144 valence electrons. The van der Waals surface area contributed by atoms with Crippen LogP contribution < -0.4 is 17.2 Å². The predicted molar refractivity (Wildman–Crippen MR) is 97.6 cm³/mol. The number of carbonyl (C=O) groups excluding carboxylic acids is 1. The quantitative estimate of drug-likeness (QED) is 0.268. The summed E-state index contributed by atoms with van der Waals surface area (Å²) < 4.78 is 0. The number of aliphatic carboxylic acids is 2. The van der Waals surface area contributed by atoms with Crippen molar-refractivity contribution in [2.45, 2.75) is 45.6 Å². The van der Waals surface area contributed by atoms with Crippen molar-refractivity contribution in [2.75, 3.05) is 11.5 Å². The number of rotatable bonds is 11. The van der Waals surface area contributed by atoms with E-state index < -0.39 is 18.0 Å². The predicted octanol–water partition coefficient (Wildman–Crippen LogP) is 1.59. The fraction of sp³-hybridized carbons (Fsp3) is 0.688. The average molecular weight is 375 g/mol. The van der Waals surface area contributed by atoms with Crippen molar-refractivity contribution in [3.63, 3.8) is 0 Å². The number of unbranched alkanes of at least 4 members (excludes halogenated alkanes) is 2. The average Bonchev–Trinajstić information content (AvgIpc) is 3.13. The summed E-state index contributed by atoms with van der Waals surface area (Å²) in [5.74, 6) is -1.37. The first-order valence-corrected chi connectivity index (χ1v) is 9.11. The summed E-state index contributed by atoms with van der Waals surface area (Å²) >= 11 is 1.46. The highest BCUT2D eigenvalue weighted by molar-refractivity contribution is 7.99. The zero-order valence-electron chi connectivity index (χ0n) is 14.8. The number of allylic oxidation sites excluding steroid dienone is 1. The Morgan fingerprint density at radius 1 is 1.32 bits per heavy atom. The minimum absolute atomic E-state index is 0. The standard InChI is InChI=1S/C16H26N2O5S.H3N/c1-16(2)8-10(16)13(19)18-12(15(22)23)6-4-3-5-7-24-9-11(17)14(20)21;/h6,10-11H,3-5,7-9,17H2,1-2H3,(H,18,19)(H,20,21)(H,22,23);1H3/t10-,11+;/m1./s1. The van der Waals surface area contributed by atoms with Crippen molar-refractivity contribution in [1.29, 1.82) is 0 Å². The van der Waals surface area contributed by atoms with Crippen molar-refractivity contribution in [2.24, 2.45) is 17.1 Å². The van der Waals surface area contributed by atoms with Crippen molar-refractivity contribution >= 4 is 29.6 Å². The van der Waals surface area contributed by atoms with Crippen LogP contribution in [0.15, 0.2) is 11.8 Å². The maximum atomic E-state index is 12.0. The van der Waals surface area contributed by atoms with Gasteiger partial charge in [0.05, 0.1) is 0 Å². The molecule has 1 saturated carbocycles. The summed E-state index contributed by atoms with van der Waals surface area (Å²) in [6.45, 7) is 3.96. The summed E-state index contributed by atoms with van der Waals surface area (Å²) in [4.78, 5) is 33.7. The van der Waals surface area contributed by atoms with Crippen molar-refractivity contribution in [3.05, 3.63) is 11.8 Å². The Hall–Kier alpha value is -1.58. The van der Waals surface area contributed by atoms with Crippen LogP contribution in [0.25, 0.3) is 0 Å². The van der Waals surface area contributed by atoms with E-state index in [2.05, 4.69) is 5.32 Å². The number of nitrogens with two attached hydrogens (primary N) is 1. The Balaban J connectivity index is 0.00000576. The number of carboxylic acid groups (broad SMARTS) is 2. The number of nitrogens with one attached hydrogen (secondary N) is 1. The normalized spacial score (nSPS) is 19.5. The zero-order valence-corrected chi connectivity index (χ0v) is 15.6. The maximum Gasteiger partial charge on any atom is 0.352 e. The third kappa shape index (κ3) is 8.37. The van der Waals surface area contributed by atoms with E-state index in [9.17, 15) is 14.4 Å². The van der Waals surface area contributed by atoms with Gasteiger partial charge in [-0.2, -0.15) is 11.8 Å². The molecule has 9 heteroatoms. The molecule has 0 saturated heterocycles. The molecular formula is C16H29N3O5S. The summed E-state index contributed by atoms with van der Waals surface area (Å²) in [5, 5.41) is 20.3. The lowest BCUT2D eigenvalue weighted by Crippen LogP contribution is -2.32. The second-order valence-corrected chi connectivity index (χ2v) is 7.82. The van der Waals surface area contributed by atoms with Gasteiger partial charge in [-0.25, -0.2) is 4.79 Å². The van der Waals surface area contributed by atoms with E-state index >= 15 is 0 Å². The molecule has 2 atom stereocenters. The number of thioether (sulfide) groups is 1. The molecule has 0 bridgehead atoms. The first-order chi connectivity index (χ1) is 11.1. The molecule has 0 aromatic carbocycles. The lowest BCUT2D eigenvalue weighted by atomic mass is 10.1. The van der Waals surface area contributed by atoms with Gasteiger partial charge in [0.25, 0.3) is 0 Å². The molecule has 25 heavy (non-hydrogen) atoms. The highest BCUT2D eigenvalue weighted by Crippen LogP contribution is 2.51. The molecule has 8 N–H and O–H groups in total. The largest absolute Gasteiger partial charge is 0.480 e. The number of hydrogen-bond donors (Lipinski definition) is 5. The minimum Gasteiger partial charge on any atom is -0.480 e. The van der Waals surface area contributed by atoms with E-state index in [1.54, 1.807) is 0 Å². The fourth-order valence-corrected chi connectivity index (χ4v) is 3.17. The van der Waals surface area contributed by atoms with Gasteiger partial charge in [-0.1, -0.05) is 19.9 Å². The topological polar surface area (TPSA) is 165 Å². The Morgan fingerprint density at radius 2 is 1.92 bits per heavy atom. The van der Waals surface area contributed by atoms with Gasteiger partial charge in [0, 0.05) is 11.7 Å². The lowest BCUT2D eigenvalue weighted by molar-refractivity contribution is -0.138. The van der Waals surface area contributed by atoms with Crippen LogP contribution in [0.2, 0.25) is 0 Å². The molecule has 8 nitrogen and oxygen atoms in total. The van der Waals surface area contributed by atoms with Gasteiger partial charge >= 0.3 is 11.9 Å². The smallest absolute Gasteiger partial charge is 0.352 e. The fourth-order valence-electron chi connectivity index (χ4n) is 2.20. The van der Waals surface area contributed by atoms with Gasteiger partial charge < -0.3 is 27.4 Å². The van der Waals surface area contributed by atoms with E-state index in [0.717, 1.165) is 25.0 Å². The molecule has 1 amide bonds. The SMILES string of the molecule is CC1(C)C[C@@H]1C(=O)NC(=CCCCCSC[C@H](N)C(=O)O)C(=O)O.N. The van der Waals surface area contributed by atoms with Crippen molar-refractivity contribution in [3.8, 4) is 0 Å². The summed E-state index contributed by atoms with van der Waals surface area (Å²) in [5.41, 5.74) is 5.28. The highest BCUT2D eigenvalue weighted by Gasteiger charge is 2.50. The molecule has 1 aliphatic carbocycles. The second kappa shape index (κ2) is 10.4. The number of hydrogen-bond acceptors (Lipinski definition) is 6. The molecule has 0 aromatic heterocycles. The molecule has 0 aliphatic heterocycles. The van der Waals surface area contributed by atoms with E-state index in [0.29, 0.717) is 12.2 Å². The van der Waals surface area contributed by atoms with Crippen LogP contribution in [0.5, 0.6) is 0 Å². The van der Waals surface area contributed by atoms with E-state index in [-0.39, 0.29) is 29.1 Å². The van der Waals surface area contributed by atoms with Crippen LogP contribution in [0.4, 0.5) is 0 Å². The third-order valence-electron chi connectivity index (χ3n) is 4.02. The molecule has 0 aromatic rings. The number of carbonyl (C=O) groups is 3. The Morgan fingerprint density at radius 3 is 2.40 bits per heavy atom. The van der Waals surface area contributed by atoms with Crippen LogP contribution in [0.3, 0.4) is 0 Å². The summed E-state index contributed by atoms with van der Waals surface area (Å²) in [6.07, 6.45) is 4.44. The molecule has 0 unspecified atom stereocenters. The van der Waals surface area contributed by atoms with E-state index in [1.165, 1.54) is 17.8 Å². The Labute approximate surface area is 152 Å². The molecule has 1 rings (SSSR count). The van der Waals surface area contributed by atoms with Gasteiger partial charge in [-0.3, -0.25) is 9.59 Å². The Kier molecular flexibility index (Phi) is 9.76. The van der Waals surface area contributed by atoms with Crippen LogP contribution >= 0.6 is 11.8 Å². The number of amides is 1. The maximum absolute atomic E-state index is 12.0. The van der Waals surface area contributed by atoms with Crippen LogP contribution in [0.1, 0.15) is 39.5 Å². The van der Waals surface area contributed by atoms with Crippen LogP contribution in [0, 0.1) is 11.3 Å². The van der Waals surface area contributed by atoms with Crippen molar-refractivity contribution < 1.29 is 24.6 Å². The first-order valence-electron chi connectivity index (χ1n) is 7.95. The van der Waals surface area contributed by atoms with Gasteiger partial charge in [-0.05, 0) is 36.9 Å². The lowest BCUT2D eigenvalue weighted by Gasteiger charge is -2.08. The van der Waals surface area contributed by atoms with Gasteiger partial charge in [-0.15, -0.1) is 0 Å².